The van der Waals surface area contributed by atoms with E-state index >= 15 is 0 Å². The zero-order valence-electron chi connectivity index (χ0n) is 7.52. The van der Waals surface area contributed by atoms with Crippen LogP contribution >= 0.6 is 0 Å². The molecule has 0 spiro atoms. The van der Waals surface area contributed by atoms with Gasteiger partial charge in [0, 0.05) is 0 Å². The minimum absolute atomic E-state index is 1.81. The summed E-state index contributed by atoms with van der Waals surface area (Å²) in [6.07, 6.45) is 0. The summed E-state index contributed by atoms with van der Waals surface area (Å²) in [7, 11) is -3.99. The Kier molecular flexibility index (Phi) is 3.86. The smallest absolute Gasteiger partial charge is 0.387 e. The summed E-state index contributed by atoms with van der Waals surface area (Å²) in [5.41, 5.74) is 0. The Morgan fingerprint density at radius 1 is 0.882 bits per heavy atom. The van der Waals surface area contributed by atoms with Crippen LogP contribution in [-0.4, -0.2) is 15.0 Å². The van der Waals surface area contributed by atoms with Crippen molar-refractivity contribution >= 4 is 10.7 Å². The lowest BCUT2D eigenvalue weighted by atomic mass is 10.3. The highest BCUT2D eigenvalue weighted by atomic mass is 32.2. The summed E-state index contributed by atoms with van der Waals surface area (Å²) < 4.78 is 98.9. The quantitative estimate of drug-likeness (QED) is 0.397. The summed E-state index contributed by atoms with van der Waals surface area (Å²) in [6, 6.07) is 0. The van der Waals surface area contributed by atoms with Gasteiger partial charge in [0.15, 0.2) is 28.1 Å². The number of hydrogen-bond donors (Lipinski definition) is 1. The molecule has 0 atom stereocenters. The minimum atomic E-state index is -3.99. The van der Waals surface area contributed by atoms with Gasteiger partial charge in [0.1, 0.15) is 4.90 Å². The molecule has 3 nitrogen and oxygen atoms in total. The van der Waals surface area contributed by atoms with Gasteiger partial charge in [0.2, 0.25) is 11.6 Å². The summed E-state index contributed by atoms with van der Waals surface area (Å²) in [5, 5.41) is 0. The molecule has 0 heterocycles. The number of halogens is 6. The molecular weight excluding hydrogens is 278 g/mol. The fourth-order valence-corrected chi connectivity index (χ4v) is 1.53. The Bertz CT molecular complexity index is 519. The molecule has 0 aliphatic carbocycles. The van der Waals surface area contributed by atoms with Crippen LogP contribution in [0, 0.1) is 23.3 Å². The molecular formula is C7H2F6O3S. The molecule has 1 aromatic rings. The number of alkyl halides is 2. The predicted molar refractivity (Wildman–Crippen MR) is 41.5 cm³/mol. The lowest BCUT2D eigenvalue weighted by Gasteiger charge is -2.10. The molecule has 0 aliphatic heterocycles. The largest absolute Gasteiger partial charge is 0.430 e. The molecule has 0 saturated heterocycles. The molecule has 1 rings (SSSR count). The van der Waals surface area contributed by atoms with E-state index in [0.29, 0.717) is 0 Å². The fourth-order valence-electron chi connectivity index (χ4n) is 0.960. The summed E-state index contributed by atoms with van der Waals surface area (Å²) in [4.78, 5) is -1.81. The highest BCUT2D eigenvalue weighted by molar-refractivity contribution is 7.72. The molecule has 0 aromatic heterocycles. The van der Waals surface area contributed by atoms with Crippen LogP contribution in [0.5, 0.6) is 5.75 Å². The van der Waals surface area contributed by atoms with E-state index in [4.69, 9.17) is 0 Å². The van der Waals surface area contributed by atoms with E-state index < -0.39 is 51.2 Å². The first-order valence-electron chi connectivity index (χ1n) is 3.72. The van der Waals surface area contributed by atoms with Crippen molar-refractivity contribution in [2.45, 2.75) is 11.5 Å². The second-order valence-electron chi connectivity index (χ2n) is 2.57. The first-order chi connectivity index (χ1) is 7.77. The number of hydrogen-bond acceptors (Lipinski definition) is 3. The summed E-state index contributed by atoms with van der Waals surface area (Å²) >= 11 is 0. The van der Waals surface area contributed by atoms with E-state index in [-0.39, 0.29) is 0 Å². The van der Waals surface area contributed by atoms with Gasteiger partial charge in [-0.3, -0.25) is 0 Å². The Morgan fingerprint density at radius 3 is 1.76 bits per heavy atom. The summed E-state index contributed by atoms with van der Waals surface area (Å²) in [5.74, 6) is -11.4. The van der Waals surface area contributed by atoms with Crippen LogP contribution < -0.4 is 4.74 Å². The third-order valence-electron chi connectivity index (χ3n) is 1.59. The lowest BCUT2D eigenvalue weighted by molar-refractivity contribution is -0.0550. The molecule has 0 N–H and O–H groups in total. The monoisotopic (exact) mass is 280 g/mol. The van der Waals surface area contributed by atoms with Crippen LogP contribution in [0.3, 0.4) is 0 Å². The first-order valence-corrected chi connectivity index (χ1v) is 4.90. The predicted octanol–water partition coefficient (Wildman–Crippen LogP) is 1.81. The SMILES string of the molecule is O=[SH](=O)c1c(F)c(F)c(F)c(F)c1OC(F)F. The van der Waals surface area contributed by atoms with E-state index in [0.717, 1.165) is 0 Å². The second kappa shape index (κ2) is 4.82. The van der Waals surface area contributed by atoms with Crippen LogP contribution in [-0.2, 0) is 10.7 Å². The standard InChI is InChI=1S/C7H2F6O3S/c8-1-2(9)4(11)6(17(14)15)5(3(1)10)16-7(12)13/h7,17H. The molecule has 0 aliphatic rings. The van der Waals surface area contributed by atoms with Crippen LogP contribution in [0.1, 0.15) is 0 Å². The van der Waals surface area contributed by atoms with Gasteiger partial charge in [-0.05, 0) is 0 Å². The highest BCUT2D eigenvalue weighted by Gasteiger charge is 2.29. The molecule has 0 radical (unpaired) electrons. The maximum atomic E-state index is 12.9. The Balaban J connectivity index is 3.65. The third kappa shape index (κ3) is 2.46. The van der Waals surface area contributed by atoms with Crippen LogP contribution in [0.25, 0.3) is 0 Å². The van der Waals surface area contributed by atoms with Crippen molar-refractivity contribution in [1.29, 1.82) is 0 Å². The van der Waals surface area contributed by atoms with Crippen LogP contribution in [0.4, 0.5) is 26.3 Å². The van der Waals surface area contributed by atoms with Crippen LogP contribution in [0.15, 0.2) is 4.90 Å². The zero-order chi connectivity index (χ0) is 13.3. The average Bonchev–Trinajstić information content (AvgIpc) is 2.22. The Hall–Kier alpha value is -1.45. The average molecular weight is 280 g/mol. The molecule has 1 aromatic carbocycles. The van der Waals surface area contributed by atoms with Gasteiger partial charge in [0.25, 0.3) is 0 Å². The van der Waals surface area contributed by atoms with E-state index in [1.165, 1.54) is 0 Å². The van der Waals surface area contributed by atoms with Crippen LogP contribution in [0.2, 0.25) is 0 Å². The minimum Gasteiger partial charge on any atom is -0.430 e. The molecule has 96 valence electrons. The molecule has 10 heteroatoms. The highest BCUT2D eigenvalue weighted by Crippen LogP contribution is 2.32. The van der Waals surface area contributed by atoms with Crippen molar-refractivity contribution in [3.05, 3.63) is 23.3 Å². The molecule has 17 heavy (non-hydrogen) atoms. The lowest BCUT2D eigenvalue weighted by Crippen LogP contribution is -2.11. The van der Waals surface area contributed by atoms with E-state index in [9.17, 15) is 34.8 Å². The fraction of sp³-hybridized carbons (Fsp3) is 0.143. The van der Waals surface area contributed by atoms with Crippen molar-refractivity contribution < 1.29 is 39.5 Å². The molecule has 0 amide bonds. The Labute approximate surface area is 91.6 Å². The van der Waals surface area contributed by atoms with E-state index in [2.05, 4.69) is 4.74 Å². The number of benzene rings is 1. The van der Waals surface area contributed by atoms with E-state index in [1.807, 2.05) is 0 Å². The van der Waals surface area contributed by atoms with Gasteiger partial charge in [-0.25, -0.2) is 21.6 Å². The normalized spacial score (nSPS) is 11.3. The third-order valence-corrected chi connectivity index (χ3v) is 2.35. The Morgan fingerprint density at radius 2 is 1.35 bits per heavy atom. The van der Waals surface area contributed by atoms with E-state index in [1.54, 1.807) is 0 Å². The maximum absolute atomic E-state index is 12.9. The van der Waals surface area contributed by atoms with Crippen molar-refractivity contribution in [1.82, 2.24) is 0 Å². The van der Waals surface area contributed by atoms with Crippen molar-refractivity contribution in [3.63, 3.8) is 0 Å². The van der Waals surface area contributed by atoms with Gasteiger partial charge < -0.3 is 4.74 Å². The number of ether oxygens (including phenoxy) is 1. The van der Waals surface area contributed by atoms with Gasteiger partial charge in [-0.15, -0.1) is 0 Å². The van der Waals surface area contributed by atoms with Gasteiger partial charge in [-0.1, -0.05) is 0 Å². The summed E-state index contributed by atoms with van der Waals surface area (Å²) in [6.45, 7) is -3.73. The second-order valence-corrected chi connectivity index (χ2v) is 3.53. The van der Waals surface area contributed by atoms with Crippen molar-refractivity contribution in [2.75, 3.05) is 0 Å². The maximum Gasteiger partial charge on any atom is 0.387 e. The number of thiol groups is 1. The van der Waals surface area contributed by atoms with Gasteiger partial charge in [0.05, 0.1) is 0 Å². The van der Waals surface area contributed by atoms with Gasteiger partial charge >= 0.3 is 6.61 Å². The van der Waals surface area contributed by atoms with Gasteiger partial charge in [-0.2, -0.15) is 13.2 Å². The molecule has 0 bridgehead atoms. The zero-order valence-corrected chi connectivity index (χ0v) is 8.41. The molecule has 0 saturated carbocycles. The molecule has 0 unspecified atom stereocenters. The molecule has 0 fully saturated rings. The van der Waals surface area contributed by atoms with Crippen molar-refractivity contribution in [2.24, 2.45) is 0 Å². The number of rotatable bonds is 3. The topological polar surface area (TPSA) is 43.4 Å². The van der Waals surface area contributed by atoms with Crippen molar-refractivity contribution in [3.8, 4) is 5.75 Å². The first kappa shape index (κ1) is 13.6.